The molecule has 0 amide bonds. The molecule has 0 aliphatic carbocycles. The van der Waals surface area contributed by atoms with Gasteiger partial charge in [-0.1, -0.05) is 0 Å². The van der Waals surface area contributed by atoms with Gasteiger partial charge in [0.2, 0.25) is 0 Å². The minimum absolute atomic E-state index is 0.0201. The van der Waals surface area contributed by atoms with E-state index in [9.17, 15) is 14.4 Å². The molecule has 1 heterocycles. The second-order valence-corrected chi connectivity index (χ2v) is 3.65. The number of nitrogens with zero attached hydrogens (tertiary/aromatic N) is 2. The standard InChI is InChI=1S/C8H11N2O4P/c1-3-9-6(11)4-5(7(12)13)10(15-2)8(9)14/h4,15H,3H2,1-2H3,(H,12,13). The van der Waals surface area contributed by atoms with E-state index in [0.717, 1.165) is 15.0 Å². The summed E-state index contributed by atoms with van der Waals surface area (Å²) in [6, 6.07) is 0.976. The minimum atomic E-state index is -1.26. The third kappa shape index (κ3) is 1.99. The summed E-state index contributed by atoms with van der Waals surface area (Å²) < 4.78 is 2.09. The average molecular weight is 230 g/mol. The van der Waals surface area contributed by atoms with Crippen LogP contribution in [0, 0.1) is 0 Å². The summed E-state index contributed by atoms with van der Waals surface area (Å²) >= 11 is 0. The summed E-state index contributed by atoms with van der Waals surface area (Å²) in [5, 5.41) is 8.81. The van der Waals surface area contributed by atoms with Crippen molar-refractivity contribution in [3.8, 4) is 0 Å². The second-order valence-electron chi connectivity index (χ2n) is 2.76. The number of hydrogen-bond donors (Lipinski definition) is 1. The fourth-order valence-electron chi connectivity index (χ4n) is 1.24. The van der Waals surface area contributed by atoms with Crippen LogP contribution in [0.4, 0.5) is 0 Å². The van der Waals surface area contributed by atoms with Gasteiger partial charge in [0.1, 0.15) is 5.69 Å². The van der Waals surface area contributed by atoms with Gasteiger partial charge < -0.3 is 5.11 Å². The van der Waals surface area contributed by atoms with Gasteiger partial charge in [-0.3, -0.25) is 13.7 Å². The molecule has 82 valence electrons. The van der Waals surface area contributed by atoms with Crippen LogP contribution < -0.4 is 11.2 Å². The lowest BCUT2D eigenvalue weighted by Crippen LogP contribution is -2.39. The van der Waals surface area contributed by atoms with Gasteiger partial charge in [0.25, 0.3) is 5.56 Å². The molecule has 0 spiro atoms. The molecule has 0 aromatic carbocycles. The summed E-state index contributed by atoms with van der Waals surface area (Å²) in [5.74, 6) is -1.26. The van der Waals surface area contributed by atoms with Gasteiger partial charge in [0.05, 0.1) is 0 Å². The van der Waals surface area contributed by atoms with Crippen molar-refractivity contribution in [2.75, 3.05) is 6.66 Å². The van der Waals surface area contributed by atoms with Crippen molar-refractivity contribution in [2.45, 2.75) is 13.5 Å². The van der Waals surface area contributed by atoms with Crippen molar-refractivity contribution in [3.63, 3.8) is 0 Å². The second kappa shape index (κ2) is 4.40. The van der Waals surface area contributed by atoms with Gasteiger partial charge in [0.15, 0.2) is 0 Å². The molecule has 1 aromatic heterocycles. The van der Waals surface area contributed by atoms with E-state index in [1.807, 2.05) is 0 Å². The van der Waals surface area contributed by atoms with Crippen LogP contribution in [0.25, 0.3) is 0 Å². The lowest BCUT2D eigenvalue weighted by atomic mass is 10.4. The van der Waals surface area contributed by atoms with Crippen molar-refractivity contribution in [3.05, 3.63) is 32.6 Å². The first-order chi connectivity index (χ1) is 7.02. The molecule has 0 radical (unpaired) electrons. The van der Waals surface area contributed by atoms with E-state index in [0.29, 0.717) is 0 Å². The summed E-state index contributed by atoms with van der Waals surface area (Å²) in [6.07, 6.45) is 0. The summed E-state index contributed by atoms with van der Waals surface area (Å²) in [5.41, 5.74) is -1.40. The first-order valence-corrected chi connectivity index (χ1v) is 5.75. The van der Waals surface area contributed by atoms with Crippen LogP contribution in [0.3, 0.4) is 0 Å². The maximum Gasteiger partial charge on any atom is 0.353 e. The van der Waals surface area contributed by atoms with Crippen molar-refractivity contribution in [2.24, 2.45) is 0 Å². The Hall–Kier alpha value is -1.42. The predicted molar refractivity (Wildman–Crippen MR) is 57.2 cm³/mol. The Labute approximate surface area is 87.0 Å². The fraction of sp³-hybridized carbons (Fsp3) is 0.375. The smallest absolute Gasteiger partial charge is 0.353 e. The highest BCUT2D eigenvalue weighted by Crippen LogP contribution is 2.07. The van der Waals surface area contributed by atoms with Crippen LogP contribution in [0.2, 0.25) is 0 Å². The number of aromatic nitrogens is 2. The molecule has 6 nitrogen and oxygen atoms in total. The molecule has 1 atom stereocenters. The van der Waals surface area contributed by atoms with Crippen molar-refractivity contribution in [1.82, 2.24) is 8.90 Å². The number of rotatable bonds is 3. The molecule has 15 heavy (non-hydrogen) atoms. The van der Waals surface area contributed by atoms with Gasteiger partial charge in [-0.2, -0.15) is 0 Å². The van der Waals surface area contributed by atoms with Gasteiger partial charge >= 0.3 is 11.7 Å². The molecule has 0 aliphatic rings. The Morgan fingerprint density at radius 2 is 2.13 bits per heavy atom. The molecule has 0 aliphatic heterocycles. The molecule has 0 saturated heterocycles. The highest BCUT2D eigenvalue weighted by atomic mass is 31.1. The van der Waals surface area contributed by atoms with E-state index in [1.165, 1.54) is 0 Å². The fourth-order valence-corrected chi connectivity index (χ4v) is 1.96. The minimum Gasteiger partial charge on any atom is -0.477 e. The quantitative estimate of drug-likeness (QED) is 0.729. The molecule has 1 unspecified atom stereocenters. The Balaban J connectivity index is 3.67. The molecule has 0 bridgehead atoms. The van der Waals surface area contributed by atoms with E-state index in [1.54, 1.807) is 13.6 Å². The normalized spacial score (nSPS) is 11.1. The third-order valence-corrected chi connectivity index (χ3v) is 2.83. The Morgan fingerprint density at radius 1 is 1.53 bits per heavy atom. The average Bonchev–Trinajstić information content (AvgIpc) is 2.17. The molecule has 1 N–H and O–H groups in total. The summed E-state index contributed by atoms with van der Waals surface area (Å²) in [6.45, 7) is 3.58. The number of carboxylic acids is 1. The van der Waals surface area contributed by atoms with Gasteiger partial charge in [-0.05, 0) is 22.3 Å². The van der Waals surface area contributed by atoms with E-state index in [-0.39, 0.29) is 21.0 Å². The zero-order valence-electron chi connectivity index (χ0n) is 8.35. The molecular weight excluding hydrogens is 219 g/mol. The lowest BCUT2D eigenvalue weighted by molar-refractivity contribution is 0.0687. The van der Waals surface area contributed by atoms with Crippen molar-refractivity contribution in [1.29, 1.82) is 0 Å². The Bertz CT molecular complexity index is 502. The number of aromatic carboxylic acids is 1. The molecular formula is C8H11N2O4P. The van der Waals surface area contributed by atoms with Gasteiger partial charge in [-0.15, -0.1) is 0 Å². The Kier molecular flexibility index (Phi) is 3.42. The van der Waals surface area contributed by atoms with Crippen LogP contribution in [0.5, 0.6) is 0 Å². The molecule has 0 fully saturated rings. The van der Waals surface area contributed by atoms with Crippen LogP contribution in [0.15, 0.2) is 15.7 Å². The highest BCUT2D eigenvalue weighted by Gasteiger charge is 2.14. The first-order valence-electron chi connectivity index (χ1n) is 4.30. The van der Waals surface area contributed by atoms with Gasteiger partial charge in [0, 0.05) is 12.6 Å². The predicted octanol–water partition coefficient (Wildman–Crippen LogP) is -0.201. The van der Waals surface area contributed by atoms with Crippen LogP contribution in [0.1, 0.15) is 17.4 Å². The summed E-state index contributed by atoms with van der Waals surface area (Å²) in [7, 11) is -0.0201. The van der Waals surface area contributed by atoms with Crippen LogP contribution in [-0.2, 0) is 6.54 Å². The Morgan fingerprint density at radius 3 is 2.53 bits per heavy atom. The number of carbonyl (C=O) groups is 1. The SMILES string of the molecule is CCn1c(=O)cc(C(=O)O)n(PC)c1=O. The molecule has 1 rings (SSSR count). The van der Waals surface area contributed by atoms with E-state index < -0.39 is 17.2 Å². The van der Waals surface area contributed by atoms with Crippen molar-refractivity contribution >= 4 is 14.7 Å². The lowest BCUT2D eigenvalue weighted by Gasteiger charge is -2.09. The molecule has 1 aromatic rings. The largest absolute Gasteiger partial charge is 0.477 e. The maximum absolute atomic E-state index is 11.6. The third-order valence-electron chi connectivity index (χ3n) is 1.95. The number of carboxylic acid groups (broad SMARTS) is 1. The zero-order chi connectivity index (χ0) is 11.6. The highest BCUT2D eigenvalue weighted by molar-refractivity contribution is 7.35. The number of hydrogen-bond acceptors (Lipinski definition) is 3. The van der Waals surface area contributed by atoms with Crippen LogP contribution in [-0.4, -0.2) is 26.6 Å². The van der Waals surface area contributed by atoms with E-state index >= 15 is 0 Å². The van der Waals surface area contributed by atoms with E-state index in [2.05, 4.69) is 0 Å². The monoisotopic (exact) mass is 230 g/mol. The maximum atomic E-state index is 11.6. The van der Waals surface area contributed by atoms with Crippen molar-refractivity contribution < 1.29 is 9.90 Å². The topological polar surface area (TPSA) is 81.3 Å². The van der Waals surface area contributed by atoms with Gasteiger partial charge in [-0.25, -0.2) is 9.59 Å². The summed E-state index contributed by atoms with van der Waals surface area (Å²) in [4.78, 5) is 33.8. The molecule has 0 saturated carbocycles. The van der Waals surface area contributed by atoms with Crippen LogP contribution >= 0.6 is 8.73 Å². The van der Waals surface area contributed by atoms with E-state index in [4.69, 9.17) is 5.11 Å². The molecule has 7 heteroatoms. The first kappa shape index (κ1) is 11.7. The zero-order valence-corrected chi connectivity index (χ0v) is 9.35.